The van der Waals surface area contributed by atoms with Crippen LogP contribution in [0.15, 0.2) is 24.3 Å². The van der Waals surface area contributed by atoms with Crippen molar-refractivity contribution in [3.8, 4) is 5.75 Å². The highest BCUT2D eigenvalue weighted by Gasteiger charge is 2.34. The first-order chi connectivity index (χ1) is 14.2. The first-order valence-electron chi connectivity index (χ1n) is 11.1. The van der Waals surface area contributed by atoms with Crippen molar-refractivity contribution in [2.24, 2.45) is 23.7 Å². The zero-order valence-electron chi connectivity index (χ0n) is 17.5. The fourth-order valence-electron chi connectivity index (χ4n) is 5.37. The van der Waals surface area contributed by atoms with Crippen molar-refractivity contribution >= 4 is 0 Å². The van der Waals surface area contributed by atoms with Gasteiger partial charge in [0.25, 0.3) is 0 Å². The number of hydrogen-bond donors (Lipinski definition) is 0. The lowest BCUT2D eigenvalue weighted by atomic mass is 9.68. The maximum absolute atomic E-state index is 13.9. The van der Waals surface area contributed by atoms with E-state index in [4.69, 9.17) is 0 Å². The summed E-state index contributed by atoms with van der Waals surface area (Å²) in [5.41, 5.74) is 0.379. The van der Waals surface area contributed by atoms with E-state index in [1.54, 1.807) is 0 Å². The largest absolute Gasteiger partial charge is 0.573 e. The molecule has 0 N–H and O–H groups in total. The van der Waals surface area contributed by atoms with Crippen LogP contribution in [0.1, 0.15) is 70.3 Å². The molecule has 0 atom stereocenters. The van der Waals surface area contributed by atoms with Crippen molar-refractivity contribution in [2.75, 3.05) is 0 Å². The van der Waals surface area contributed by atoms with Crippen LogP contribution in [0.4, 0.5) is 22.0 Å². The van der Waals surface area contributed by atoms with Crippen LogP contribution in [0.5, 0.6) is 5.75 Å². The summed E-state index contributed by atoms with van der Waals surface area (Å²) in [6, 6.07) is 1.91. The lowest BCUT2D eigenvalue weighted by molar-refractivity contribution is -0.276. The van der Waals surface area contributed by atoms with E-state index >= 15 is 0 Å². The molecule has 1 aromatic rings. The molecule has 1 aromatic carbocycles. The van der Waals surface area contributed by atoms with Gasteiger partial charge in [-0.15, -0.1) is 13.2 Å². The van der Waals surface area contributed by atoms with Gasteiger partial charge in [-0.05, 0) is 99.7 Å². The molecule has 3 rings (SSSR count). The number of rotatable bonds is 6. The number of benzene rings is 1. The molecule has 2 saturated carbocycles. The molecule has 0 aromatic heterocycles. The van der Waals surface area contributed by atoms with E-state index in [0.717, 1.165) is 49.1 Å². The molecule has 168 valence electrons. The molecule has 0 amide bonds. The molecule has 0 saturated heterocycles. The average Bonchev–Trinajstić information content (AvgIpc) is 2.70. The third kappa shape index (κ3) is 6.45. The minimum absolute atomic E-state index is 0.379. The van der Waals surface area contributed by atoms with Gasteiger partial charge in [-0.2, -0.15) is 0 Å². The Bertz CT molecular complexity index is 688. The first-order valence-corrected chi connectivity index (χ1v) is 11.1. The molecule has 0 radical (unpaired) electrons. The van der Waals surface area contributed by atoms with Crippen LogP contribution in [-0.2, 0) is 6.42 Å². The standard InChI is InChI=1S/C24H31F5O/c1-2-3-16-6-10-19(11-7-16)20-12-8-17(9-13-20)4-5-18-14-21(25)23(22(26)15-18)30-24(27,28)29/h2-3,14-17,19-20H,4-13H2,1H3/b3-2+/t16-,17-,19-,20-. The Kier molecular flexibility index (Phi) is 7.81. The Balaban J connectivity index is 1.45. The summed E-state index contributed by atoms with van der Waals surface area (Å²) in [5.74, 6) is -1.11. The maximum atomic E-state index is 13.9. The van der Waals surface area contributed by atoms with Gasteiger partial charge >= 0.3 is 6.36 Å². The molecule has 30 heavy (non-hydrogen) atoms. The molecule has 0 spiro atoms. The highest BCUT2D eigenvalue weighted by Crippen LogP contribution is 2.42. The minimum atomic E-state index is -5.12. The minimum Gasteiger partial charge on any atom is -0.399 e. The second-order valence-electron chi connectivity index (χ2n) is 8.96. The first kappa shape index (κ1) is 23.1. The van der Waals surface area contributed by atoms with Crippen molar-refractivity contribution < 1.29 is 26.7 Å². The molecule has 0 bridgehead atoms. The van der Waals surface area contributed by atoms with Crippen LogP contribution in [0.3, 0.4) is 0 Å². The predicted octanol–water partition coefficient (Wildman–Crippen LogP) is 7.98. The second kappa shape index (κ2) is 10.1. The Morgan fingerprint density at radius 2 is 1.43 bits per heavy atom. The van der Waals surface area contributed by atoms with Gasteiger partial charge in [0.15, 0.2) is 11.6 Å². The molecule has 0 heterocycles. The zero-order valence-corrected chi connectivity index (χ0v) is 17.5. The third-order valence-electron chi connectivity index (χ3n) is 6.96. The molecular weight excluding hydrogens is 399 g/mol. The van der Waals surface area contributed by atoms with Gasteiger partial charge in [-0.3, -0.25) is 0 Å². The Morgan fingerprint density at radius 1 is 0.900 bits per heavy atom. The van der Waals surface area contributed by atoms with Gasteiger partial charge in [0.05, 0.1) is 0 Å². The van der Waals surface area contributed by atoms with Gasteiger partial charge in [-0.25, -0.2) is 8.78 Å². The fraction of sp³-hybridized carbons (Fsp3) is 0.667. The van der Waals surface area contributed by atoms with E-state index in [1.165, 1.54) is 38.5 Å². The van der Waals surface area contributed by atoms with E-state index in [-0.39, 0.29) is 0 Å². The zero-order chi connectivity index (χ0) is 21.7. The molecule has 2 aliphatic carbocycles. The predicted molar refractivity (Wildman–Crippen MR) is 107 cm³/mol. The van der Waals surface area contributed by atoms with E-state index < -0.39 is 23.7 Å². The quantitative estimate of drug-likeness (QED) is 0.328. The van der Waals surface area contributed by atoms with E-state index in [0.29, 0.717) is 17.9 Å². The summed E-state index contributed by atoms with van der Waals surface area (Å²) in [4.78, 5) is 0. The average molecular weight is 431 g/mol. The summed E-state index contributed by atoms with van der Waals surface area (Å²) in [5, 5.41) is 0. The van der Waals surface area contributed by atoms with Crippen molar-refractivity contribution in [1.29, 1.82) is 0 Å². The Labute approximate surface area is 175 Å². The summed E-state index contributed by atoms with van der Waals surface area (Å²) >= 11 is 0. The molecular formula is C24H31F5O. The van der Waals surface area contributed by atoms with Crippen molar-refractivity contribution in [2.45, 2.75) is 77.5 Å². The monoisotopic (exact) mass is 430 g/mol. The summed E-state index contributed by atoms with van der Waals surface area (Å²) in [7, 11) is 0. The highest BCUT2D eigenvalue weighted by molar-refractivity contribution is 5.31. The normalized spacial score (nSPS) is 28.1. The molecule has 0 aliphatic heterocycles. The molecule has 1 nitrogen and oxygen atoms in total. The number of allylic oxidation sites excluding steroid dienone is 2. The summed E-state index contributed by atoms with van der Waals surface area (Å²) in [6.45, 7) is 2.08. The maximum Gasteiger partial charge on any atom is 0.573 e. The van der Waals surface area contributed by atoms with Crippen molar-refractivity contribution in [3.05, 3.63) is 41.5 Å². The van der Waals surface area contributed by atoms with Crippen LogP contribution in [0.2, 0.25) is 0 Å². The van der Waals surface area contributed by atoms with Gasteiger partial charge < -0.3 is 4.74 Å². The van der Waals surface area contributed by atoms with Crippen molar-refractivity contribution in [3.63, 3.8) is 0 Å². The Hall–Kier alpha value is -1.59. The highest BCUT2D eigenvalue weighted by atomic mass is 19.4. The van der Waals surface area contributed by atoms with Crippen LogP contribution in [0, 0.1) is 35.3 Å². The lowest BCUT2D eigenvalue weighted by Gasteiger charge is -2.37. The SMILES string of the molecule is C/C=C/[C@H]1CC[C@H]([C@H]2CC[C@H](CCc3cc(F)c(OC(F)(F)F)c(F)c3)CC2)CC1. The molecule has 2 aliphatic rings. The van der Waals surface area contributed by atoms with Gasteiger partial charge in [0.1, 0.15) is 0 Å². The molecule has 6 heteroatoms. The number of alkyl halides is 3. The van der Waals surface area contributed by atoms with Crippen LogP contribution >= 0.6 is 0 Å². The van der Waals surface area contributed by atoms with E-state index in [9.17, 15) is 22.0 Å². The second-order valence-corrected chi connectivity index (χ2v) is 8.96. The number of ether oxygens (including phenoxy) is 1. The summed E-state index contributed by atoms with van der Waals surface area (Å²) in [6.07, 6.45) is 10.5. The van der Waals surface area contributed by atoms with Crippen LogP contribution < -0.4 is 4.74 Å². The third-order valence-corrected chi connectivity index (χ3v) is 6.96. The topological polar surface area (TPSA) is 9.23 Å². The van der Waals surface area contributed by atoms with Crippen LogP contribution in [0.25, 0.3) is 0 Å². The van der Waals surface area contributed by atoms with Crippen molar-refractivity contribution in [1.82, 2.24) is 0 Å². The Morgan fingerprint density at radius 3 is 1.93 bits per heavy atom. The smallest absolute Gasteiger partial charge is 0.399 e. The summed E-state index contributed by atoms with van der Waals surface area (Å²) < 4.78 is 68.0. The lowest BCUT2D eigenvalue weighted by Crippen LogP contribution is -2.25. The molecule has 2 fully saturated rings. The van der Waals surface area contributed by atoms with Gasteiger partial charge in [0.2, 0.25) is 5.75 Å². The fourth-order valence-corrected chi connectivity index (χ4v) is 5.37. The van der Waals surface area contributed by atoms with Crippen LogP contribution in [-0.4, -0.2) is 6.36 Å². The number of aryl methyl sites for hydroxylation is 1. The van der Waals surface area contributed by atoms with Gasteiger partial charge in [0, 0.05) is 0 Å². The number of hydrogen-bond acceptors (Lipinski definition) is 1. The molecule has 0 unspecified atom stereocenters. The van der Waals surface area contributed by atoms with E-state index in [2.05, 4.69) is 23.8 Å². The number of halogens is 5. The van der Waals surface area contributed by atoms with Gasteiger partial charge in [-0.1, -0.05) is 25.0 Å². The van der Waals surface area contributed by atoms with E-state index in [1.807, 2.05) is 0 Å².